The van der Waals surface area contributed by atoms with Crippen LogP contribution in [0.2, 0.25) is 0 Å². The molecule has 1 heterocycles. The molecule has 0 atom stereocenters. The summed E-state index contributed by atoms with van der Waals surface area (Å²) < 4.78 is 22.3. The molecule has 0 bridgehead atoms. The van der Waals surface area contributed by atoms with Gasteiger partial charge in [0.1, 0.15) is 9.84 Å². The molecule has 6 nitrogen and oxygen atoms in total. The molecule has 1 amide bonds. The Labute approximate surface area is 128 Å². The predicted octanol–water partition coefficient (Wildman–Crippen LogP) is -0.189. The largest absolute Gasteiger partial charge is 0.339 e. The van der Waals surface area contributed by atoms with Gasteiger partial charge in [0.05, 0.1) is 12.3 Å². The number of rotatable bonds is 6. The van der Waals surface area contributed by atoms with Crippen molar-refractivity contribution >= 4 is 15.7 Å². The number of carbonyl (C=O) groups is 1. The lowest BCUT2D eigenvalue weighted by molar-refractivity contribution is -0.132. The molecule has 0 aromatic rings. The number of amides is 1. The summed E-state index contributed by atoms with van der Waals surface area (Å²) >= 11 is 0. The first-order valence-electron chi connectivity index (χ1n) is 7.45. The van der Waals surface area contributed by atoms with Gasteiger partial charge in [0.15, 0.2) is 0 Å². The van der Waals surface area contributed by atoms with Crippen LogP contribution in [-0.4, -0.2) is 81.9 Å². The molecule has 1 aliphatic rings. The van der Waals surface area contributed by atoms with E-state index in [2.05, 4.69) is 31.0 Å². The molecule has 1 rings (SSSR count). The van der Waals surface area contributed by atoms with Crippen LogP contribution in [0.3, 0.4) is 0 Å². The highest BCUT2D eigenvalue weighted by atomic mass is 32.2. The number of hydrogen-bond acceptors (Lipinski definition) is 5. The molecule has 1 aliphatic heterocycles. The highest BCUT2D eigenvalue weighted by Gasteiger charge is 2.21. The zero-order chi connectivity index (χ0) is 16.1. The molecule has 21 heavy (non-hydrogen) atoms. The van der Waals surface area contributed by atoms with E-state index >= 15 is 0 Å². The van der Waals surface area contributed by atoms with Crippen molar-refractivity contribution in [2.75, 3.05) is 57.8 Å². The molecule has 0 spiro atoms. The van der Waals surface area contributed by atoms with Crippen LogP contribution in [0.4, 0.5) is 0 Å². The zero-order valence-corrected chi connectivity index (χ0v) is 14.5. The van der Waals surface area contributed by atoms with Crippen LogP contribution in [0.1, 0.15) is 20.8 Å². The third-order valence-corrected chi connectivity index (χ3v) is 4.36. The van der Waals surface area contributed by atoms with Crippen molar-refractivity contribution in [2.24, 2.45) is 5.41 Å². The van der Waals surface area contributed by atoms with Crippen LogP contribution in [0.25, 0.3) is 0 Å². The summed E-state index contributed by atoms with van der Waals surface area (Å²) in [6, 6.07) is 0. The maximum absolute atomic E-state index is 12.1. The maximum atomic E-state index is 12.1. The zero-order valence-electron chi connectivity index (χ0n) is 13.7. The molecule has 124 valence electrons. The molecule has 0 aliphatic carbocycles. The number of nitrogens with one attached hydrogen (secondary N) is 1. The molecule has 7 heteroatoms. The van der Waals surface area contributed by atoms with Crippen molar-refractivity contribution in [3.05, 3.63) is 0 Å². The van der Waals surface area contributed by atoms with Crippen molar-refractivity contribution in [1.82, 2.24) is 15.1 Å². The second kappa shape index (κ2) is 7.56. The van der Waals surface area contributed by atoms with Gasteiger partial charge in [0.25, 0.3) is 0 Å². The number of hydrogen-bond donors (Lipinski definition) is 1. The molecule has 0 unspecified atom stereocenters. The first-order valence-corrected chi connectivity index (χ1v) is 9.51. The molecule has 1 N–H and O–H groups in total. The summed E-state index contributed by atoms with van der Waals surface area (Å²) in [6.45, 7) is 11.0. The molecule has 0 saturated carbocycles. The summed E-state index contributed by atoms with van der Waals surface area (Å²) in [6.07, 6.45) is 1.26. The SMILES string of the molecule is CC(C)(C)CNCC(=O)N1CCN(CCS(C)(=O)=O)CC1. The van der Waals surface area contributed by atoms with E-state index in [4.69, 9.17) is 0 Å². The van der Waals surface area contributed by atoms with Gasteiger partial charge in [-0.15, -0.1) is 0 Å². The Bertz CT molecular complexity index is 435. The molecule has 0 aromatic heterocycles. The van der Waals surface area contributed by atoms with Crippen molar-refractivity contribution in [3.63, 3.8) is 0 Å². The molecular weight excluding hydrogens is 290 g/mol. The van der Waals surface area contributed by atoms with E-state index in [1.165, 1.54) is 6.26 Å². The highest BCUT2D eigenvalue weighted by Crippen LogP contribution is 2.10. The van der Waals surface area contributed by atoms with Crippen molar-refractivity contribution < 1.29 is 13.2 Å². The highest BCUT2D eigenvalue weighted by molar-refractivity contribution is 7.90. The van der Waals surface area contributed by atoms with Gasteiger partial charge in [-0.1, -0.05) is 20.8 Å². The second-order valence-electron chi connectivity index (χ2n) is 7.02. The molecule has 0 aromatic carbocycles. The number of nitrogens with zero attached hydrogens (tertiary/aromatic N) is 2. The number of piperazine rings is 1. The van der Waals surface area contributed by atoms with Gasteiger partial charge in [-0.3, -0.25) is 9.69 Å². The minimum Gasteiger partial charge on any atom is -0.339 e. The van der Waals surface area contributed by atoms with Crippen molar-refractivity contribution in [3.8, 4) is 0 Å². The maximum Gasteiger partial charge on any atom is 0.236 e. The molecule has 1 saturated heterocycles. The number of carbonyl (C=O) groups excluding carboxylic acids is 1. The third kappa shape index (κ3) is 8.38. The summed E-state index contributed by atoms with van der Waals surface area (Å²) in [5.74, 6) is 0.315. The second-order valence-corrected chi connectivity index (χ2v) is 9.28. The lowest BCUT2D eigenvalue weighted by Gasteiger charge is -2.34. The van der Waals surface area contributed by atoms with Crippen LogP contribution >= 0.6 is 0 Å². The Morgan fingerprint density at radius 3 is 2.19 bits per heavy atom. The average Bonchev–Trinajstić information content (AvgIpc) is 2.34. The topological polar surface area (TPSA) is 69.7 Å². The summed E-state index contributed by atoms with van der Waals surface area (Å²) in [5, 5.41) is 3.19. The molecule has 1 fully saturated rings. The van der Waals surface area contributed by atoms with Crippen molar-refractivity contribution in [2.45, 2.75) is 20.8 Å². The van der Waals surface area contributed by atoms with Gasteiger partial charge in [0, 0.05) is 45.5 Å². The lowest BCUT2D eigenvalue weighted by Crippen LogP contribution is -2.51. The monoisotopic (exact) mass is 319 g/mol. The van der Waals surface area contributed by atoms with Gasteiger partial charge in [-0.25, -0.2) is 8.42 Å². The fourth-order valence-corrected chi connectivity index (χ4v) is 2.76. The van der Waals surface area contributed by atoms with E-state index in [1.807, 2.05) is 4.90 Å². The van der Waals surface area contributed by atoms with Crippen LogP contribution in [0.5, 0.6) is 0 Å². The van der Waals surface area contributed by atoms with E-state index in [9.17, 15) is 13.2 Å². The van der Waals surface area contributed by atoms with E-state index in [1.54, 1.807) is 0 Å². The van der Waals surface area contributed by atoms with E-state index in [0.29, 0.717) is 26.2 Å². The predicted molar refractivity (Wildman–Crippen MR) is 85.1 cm³/mol. The van der Waals surface area contributed by atoms with E-state index < -0.39 is 9.84 Å². The quantitative estimate of drug-likeness (QED) is 0.735. The van der Waals surface area contributed by atoms with Crippen LogP contribution in [0, 0.1) is 5.41 Å². The van der Waals surface area contributed by atoms with E-state index in [-0.39, 0.29) is 17.1 Å². The minimum atomic E-state index is -2.91. The Kier molecular flexibility index (Phi) is 6.62. The first kappa shape index (κ1) is 18.4. The van der Waals surface area contributed by atoms with Crippen molar-refractivity contribution in [1.29, 1.82) is 0 Å². The third-order valence-electron chi connectivity index (χ3n) is 3.43. The van der Waals surface area contributed by atoms with Gasteiger partial charge in [0.2, 0.25) is 5.91 Å². The molecular formula is C14H29N3O3S. The average molecular weight is 319 g/mol. The normalized spacial score (nSPS) is 18.0. The summed E-state index contributed by atoms with van der Waals surface area (Å²) in [4.78, 5) is 16.0. The van der Waals surface area contributed by atoms with Gasteiger partial charge in [-0.2, -0.15) is 0 Å². The van der Waals surface area contributed by atoms with Crippen LogP contribution in [-0.2, 0) is 14.6 Å². The molecule has 0 radical (unpaired) electrons. The Hall–Kier alpha value is -0.660. The van der Waals surface area contributed by atoms with Gasteiger partial charge < -0.3 is 10.2 Å². The Balaban J connectivity index is 2.24. The summed E-state index contributed by atoms with van der Waals surface area (Å²) in [7, 11) is -2.91. The fraction of sp³-hybridized carbons (Fsp3) is 0.929. The van der Waals surface area contributed by atoms with Gasteiger partial charge in [-0.05, 0) is 5.41 Å². The van der Waals surface area contributed by atoms with Crippen LogP contribution < -0.4 is 5.32 Å². The Morgan fingerprint density at radius 2 is 1.71 bits per heavy atom. The standard InChI is InChI=1S/C14H29N3O3S/c1-14(2,3)12-15-11-13(18)17-7-5-16(6-8-17)9-10-21(4,19)20/h15H,5-12H2,1-4H3. The fourth-order valence-electron chi connectivity index (χ4n) is 2.17. The van der Waals surface area contributed by atoms with Gasteiger partial charge >= 0.3 is 0 Å². The smallest absolute Gasteiger partial charge is 0.236 e. The van der Waals surface area contributed by atoms with Crippen LogP contribution in [0.15, 0.2) is 0 Å². The Morgan fingerprint density at radius 1 is 1.14 bits per heavy atom. The summed E-state index contributed by atoms with van der Waals surface area (Å²) in [5.41, 5.74) is 0.171. The minimum absolute atomic E-state index is 0.127. The number of sulfone groups is 1. The lowest BCUT2D eigenvalue weighted by atomic mass is 9.97. The first-order chi connectivity index (χ1) is 9.57. The van der Waals surface area contributed by atoms with E-state index in [0.717, 1.165) is 19.6 Å².